The van der Waals surface area contributed by atoms with Gasteiger partial charge in [0.2, 0.25) is 0 Å². The zero-order valence-electron chi connectivity index (χ0n) is 35.8. The second-order valence-corrected chi connectivity index (χ2v) is 16.9. The van der Waals surface area contributed by atoms with Crippen LogP contribution in [-0.4, -0.2) is 98.9 Å². The van der Waals surface area contributed by atoms with E-state index in [-0.39, 0.29) is 13.0 Å². The Hall–Kier alpha value is -1.70. The third-order valence-electron chi connectivity index (χ3n) is 10.2. The van der Waals surface area contributed by atoms with Crippen LogP contribution >= 0.6 is 7.82 Å². The van der Waals surface area contributed by atoms with E-state index in [1.807, 2.05) is 0 Å². The van der Waals surface area contributed by atoms with Crippen LogP contribution in [-0.2, 0) is 27.9 Å². The minimum absolute atomic E-state index is 0.0796. The highest BCUT2D eigenvalue weighted by Crippen LogP contribution is 2.47. The molecule has 1 aliphatic rings. The maximum atomic E-state index is 12.8. The first-order valence-electron chi connectivity index (χ1n) is 22.5. The van der Waals surface area contributed by atoms with Gasteiger partial charge < -0.3 is 39.9 Å². The summed E-state index contributed by atoms with van der Waals surface area (Å²) >= 11 is 0. The minimum Gasteiger partial charge on any atom is -0.457 e. The van der Waals surface area contributed by atoms with Crippen LogP contribution in [0.3, 0.4) is 0 Å². The molecule has 6 unspecified atom stereocenters. The topological polar surface area (TPSA) is 192 Å². The molecular formula is C45H81O12P. The number of hydrogen-bond donors (Lipinski definition) is 6. The van der Waals surface area contributed by atoms with Crippen LogP contribution in [0.15, 0.2) is 48.6 Å². The predicted molar refractivity (Wildman–Crippen MR) is 230 cm³/mol. The number of carbonyl (C=O) groups is 1. The number of allylic oxidation sites excluding steroid dienone is 8. The van der Waals surface area contributed by atoms with Gasteiger partial charge in [0, 0.05) is 13.0 Å². The van der Waals surface area contributed by atoms with E-state index in [0.717, 1.165) is 77.0 Å². The quantitative estimate of drug-likeness (QED) is 0.0151. The molecule has 1 rings (SSSR count). The summed E-state index contributed by atoms with van der Waals surface area (Å²) in [6.07, 6.45) is 30.4. The molecule has 13 heteroatoms. The van der Waals surface area contributed by atoms with Gasteiger partial charge in [0.25, 0.3) is 0 Å². The maximum absolute atomic E-state index is 12.8. The summed E-state index contributed by atoms with van der Waals surface area (Å²) in [5, 5.41) is 50.1. The number of aliphatic hydroxyl groups is 5. The molecule has 6 N–H and O–H groups in total. The average molecular weight is 845 g/mol. The number of carbonyl (C=O) groups excluding carboxylic acids is 1. The van der Waals surface area contributed by atoms with Crippen molar-refractivity contribution in [3.63, 3.8) is 0 Å². The standard InChI is InChI=1S/C45H81O12P/c1-3-5-7-9-11-13-15-16-17-18-19-20-21-22-23-24-25-26-28-30-32-34-39(46)56-38(36-54-35-33-31-29-27-14-12-10-8-6-4-2)37-55-58(52,53)57-45-43(50)41(48)40(47)42(49)44(45)51/h5,7,11,13,16-17,19-20,38,40-45,47-51H,3-4,6,8-10,12,14-15,18,21-37H2,1-2H3,(H,52,53)/b7-5-,13-11-,17-16-,20-19-. The van der Waals surface area contributed by atoms with Crippen LogP contribution in [0.5, 0.6) is 0 Å². The molecular weight excluding hydrogens is 763 g/mol. The Bertz CT molecular complexity index is 1140. The predicted octanol–water partition coefficient (Wildman–Crippen LogP) is 8.86. The fourth-order valence-electron chi connectivity index (χ4n) is 6.64. The van der Waals surface area contributed by atoms with Gasteiger partial charge >= 0.3 is 13.8 Å². The molecule has 0 aromatic carbocycles. The van der Waals surface area contributed by atoms with E-state index in [1.54, 1.807) is 0 Å². The van der Waals surface area contributed by atoms with Gasteiger partial charge in [-0.05, 0) is 51.4 Å². The lowest BCUT2D eigenvalue weighted by atomic mass is 9.85. The Morgan fingerprint density at radius 2 is 1.02 bits per heavy atom. The molecule has 0 aliphatic heterocycles. The van der Waals surface area contributed by atoms with Crippen molar-refractivity contribution >= 4 is 13.8 Å². The molecule has 0 bridgehead atoms. The van der Waals surface area contributed by atoms with Crippen LogP contribution in [0.25, 0.3) is 0 Å². The van der Waals surface area contributed by atoms with Crippen molar-refractivity contribution in [3.8, 4) is 0 Å². The van der Waals surface area contributed by atoms with Gasteiger partial charge in [-0.25, -0.2) is 4.57 Å². The van der Waals surface area contributed by atoms with E-state index >= 15 is 0 Å². The number of esters is 1. The second kappa shape index (κ2) is 36.0. The molecule has 1 fully saturated rings. The zero-order valence-corrected chi connectivity index (χ0v) is 36.7. The van der Waals surface area contributed by atoms with Crippen molar-refractivity contribution in [1.82, 2.24) is 0 Å². The third-order valence-corrected chi connectivity index (χ3v) is 11.2. The molecule has 0 radical (unpaired) electrons. The first-order chi connectivity index (χ1) is 28.0. The highest BCUT2D eigenvalue weighted by molar-refractivity contribution is 7.47. The molecule has 0 heterocycles. The minimum atomic E-state index is -5.01. The lowest BCUT2D eigenvalue weighted by molar-refractivity contribution is -0.220. The van der Waals surface area contributed by atoms with Gasteiger partial charge in [-0.1, -0.05) is 159 Å². The Morgan fingerprint density at radius 1 is 0.569 bits per heavy atom. The molecule has 0 aromatic heterocycles. The largest absolute Gasteiger partial charge is 0.472 e. The number of rotatable bonds is 37. The van der Waals surface area contributed by atoms with Crippen molar-refractivity contribution in [1.29, 1.82) is 0 Å². The van der Waals surface area contributed by atoms with Gasteiger partial charge in [-0.3, -0.25) is 13.8 Å². The first-order valence-corrected chi connectivity index (χ1v) is 24.0. The van der Waals surface area contributed by atoms with E-state index in [9.17, 15) is 39.8 Å². The highest BCUT2D eigenvalue weighted by atomic mass is 31.2. The zero-order chi connectivity index (χ0) is 42.7. The first kappa shape index (κ1) is 54.3. The molecule has 6 atom stereocenters. The summed E-state index contributed by atoms with van der Waals surface area (Å²) < 4.78 is 34.1. The number of aliphatic hydroxyl groups excluding tert-OH is 5. The smallest absolute Gasteiger partial charge is 0.457 e. The van der Waals surface area contributed by atoms with Crippen molar-refractivity contribution in [3.05, 3.63) is 48.6 Å². The summed E-state index contributed by atoms with van der Waals surface area (Å²) in [6.45, 7) is 4.12. The summed E-state index contributed by atoms with van der Waals surface area (Å²) in [4.78, 5) is 23.1. The van der Waals surface area contributed by atoms with Gasteiger partial charge in [0.05, 0.1) is 13.2 Å². The van der Waals surface area contributed by atoms with Gasteiger partial charge in [0.1, 0.15) is 42.7 Å². The summed E-state index contributed by atoms with van der Waals surface area (Å²) in [7, 11) is -5.01. The Kier molecular flexibility index (Phi) is 33.7. The van der Waals surface area contributed by atoms with Crippen molar-refractivity contribution in [2.75, 3.05) is 19.8 Å². The Morgan fingerprint density at radius 3 is 1.55 bits per heavy atom. The van der Waals surface area contributed by atoms with E-state index < -0.39 is 63.1 Å². The van der Waals surface area contributed by atoms with E-state index in [4.69, 9.17) is 18.5 Å². The van der Waals surface area contributed by atoms with Crippen molar-refractivity contribution < 1.29 is 58.3 Å². The van der Waals surface area contributed by atoms with Gasteiger partial charge in [-0.15, -0.1) is 0 Å². The Labute approximate surface area is 350 Å². The summed E-state index contributed by atoms with van der Waals surface area (Å²) in [5.41, 5.74) is 0. The van der Waals surface area contributed by atoms with Crippen molar-refractivity contribution in [2.24, 2.45) is 0 Å². The molecule has 1 saturated carbocycles. The van der Waals surface area contributed by atoms with Gasteiger partial charge in [0.15, 0.2) is 0 Å². The summed E-state index contributed by atoms with van der Waals surface area (Å²) in [5.74, 6) is -0.487. The molecule has 0 spiro atoms. The fourth-order valence-corrected chi connectivity index (χ4v) is 7.61. The Balaban J connectivity index is 2.37. The SMILES string of the molecule is CC/C=C\C/C=C\C/C=C\C/C=C\CCCCCCCCCCC(=O)OC(COCCCCCCCCCCCC)COP(=O)(O)OC1C(O)C(O)C(O)C(O)C1O. The third kappa shape index (κ3) is 27.9. The van der Waals surface area contributed by atoms with E-state index in [2.05, 4.69) is 62.5 Å². The number of phosphoric ester groups is 1. The molecule has 0 amide bonds. The van der Waals surface area contributed by atoms with Crippen molar-refractivity contribution in [2.45, 2.75) is 211 Å². The second-order valence-electron chi connectivity index (χ2n) is 15.5. The van der Waals surface area contributed by atoms with Crippen LogP contribution in [0.4, 0.5) is 0 Å². The number of hydrogen-bond acceptors (Lipinski definition) is 11. The van der Waals surface area contributed by atoms with E-state index in [1.165, 1.54) is 64.2 Å². The molecule has 58 heavy (non-hydrogen) atoms. The van der Waals surface area contributed by atoms with Crippen LogP contribution < -0.4 is 0 Å². The van der Waals surface area contributed by atoms with Crippen LogP contribution in [0, 0.1) is 0 Å². The molecule has 338 valence electrons. The van der Waals surface area contributed by atoms with E-state index in [0.29, 0.717) is 13.0 Å². The van der Waals surface area contributed by atoms with Gasteiger partial charge in [-0.2, -0.15) is 0 Å². The van der Waals surface area contributed by atoms with Crippen LogP contribution in [0.2, 0.25) is 0 Å². The molecule has 0 aromatic rings. The highest BCUT2D eigenvalue weighted by Gasteiger charge is 2.51. The molecule has 0 saturated heterocycles. The lowest BCUT2D eigenvalue weighted by Gasteiger charge is -2.41. The normalized spacial score (nSPS) is 23.1. The molecule has 12 nitrogen and oxygen atoms in total. The fraction of sp³-hybridized carbons (Fsp3) is 0.800. The lowest BCUT2D eigenvalue weighted by Crippen LogP contribution is -2.64. The number of unbranched alkanes of at least 4 members (excludes halogenated alkanes) is 17. The average Bonchev–Trinajstić information content (AvgIpc) is 3.21. The van der Waals surface area contributed by atoms with Crippen LogP contribution in [0.1, 0.15) is 168 Å². The maximum Gasteiger partial charge on any atom is 0.472 e. The number of ether oxygens (including phenoxy) is 2. The monoisotopic (exact) mass is 845 g/mol. The summed E-state index contributed by atoms with van der Waals surface area (Å²) in [6, 6.07) is 0. The molecule has 1 aliphatic carbocycles. The number of phosphoric acid groups is 1.